The lowest BCUT2D eigenvalue weighted by molar-refractivity contribution is -0.870. The molecule has 56 heavy (non-hydrogen) atoms. The first-order valence-corrected chi connectivity index (χ1v) is 23.5. The maximum atomic E-state index is 12.7. The molecule has 0 aromatic heterocycles. The number of nitrogens with zero attached hydrogens (tertiary/aromatic N) is 1. The van der Waals surface area contributed by atoms with Gasteiger partial charge in [0, 0.05) is 12.8 Å². The van der Waals surface area contributed by atoms with Gasteiger partial charge in [-0.25, -0.2) is 4.57 Å². The van der Waals surface area contributed by atoms with Crippen LogP contribution in [0.25, 0.3) is 0 Å². The van der Waals surface area contributed by atoms with E-state index in [-0.39, 0.29) is 26.1 Å². The lowest BCUT2D eigenvalue weighted by Crippen LogP contribution is -2.37. The summed E-state index contributed by atoms with van der Waals surface area (Å²) in [6.45, 7) is 4.26. The van der Waals surface area contributed by atoms with Crippen molar-refractivity contribution in [1.82, 2.24) is 0 Å². The van der Waals surface area contributed by atoms with Crippen molar-refractivity contribution >= 4 is 19.8 Å². The highest BCUT2D eigenvalue weighted by molar-refractivity contribution is 7.47. The minimum absolute atomic E-state index is 0.0183. The van der Waals surface area contributed by atoms with E-state index in [4.69, 9.17) is 18.5 Å². The van der Waals surface area contributed by atoms with Crippen molar-refractivity contribution in [2.24, 2.45) is 0 Å². The van der Waals surface area contributed by atoms with Crippen molar-refractivity contribution in [3.05, 3.63) is 60.8 Å². The van der Waals surface area contributed by atoms with Gasteiger partial charge in [0.1, 0.15) is 19.8 Å². The van der Waals surface area contributed by atoms with Gasteiger partial charge < -0.3 is 18.9 Å². The molecule has 0 aliphatic heterocycles. The number of unbranched alkanes of at least 4 members (excludes halogenated alkanes) is 15. The summed E-state index contributed by atoms with van der Waals surface area (Å²) in [5.74, 6) is -0.895. The van der Waals surface area contributed by atoms with Gasteiger partial charge in [0.15, 0.2) is 6.10 Å². The highest BCUT2D eigenvalue weighted by atomic mass is 31.2. The summed E-state index contributed by atoms with van der Waals surface area (Å²) < 4.78 is 34.2. The third kappa shape index (κ3) is 41.3. The number of quaternary nitrogens is 1. The van der Waals surface area contributed by atoms with E-state index in [2.05, 4.69) is 68.5 Å². The highest BCUT2D eigenvalue weighted by Gasteiger charge is 2.27. The molecule has 0 aliphatic rings. The van der Waals surface area contributed by atoms with Gasteiger partial charge in [-0.15, -0.1) is 0 Å². The molecule has 0 saturated heterocycles. The Kier molecular flexibility index (Phi) is 36.7. The van der Waals surface area contributed by atoms with Crippen LogP contribution in [-0.2, 0) is 32.7 Å². The summed E-state index contributed by atoms with van der Waals surface area (Å²) in [6.07, 6.45) is 45.7. The maximum Gasteiger partial charge on any atom is 0.472 e. The Balaban J connectivity index is 4.47. The number of ether oxygens (including phenoxy) is 2. The molecule has 9 nitrogen and oxygen atoms in total. The Morgan fingerprint density at radius 3 is 1.59 bits per heavy atom. The number of carbonyl (C=O) groups excluding carboxylic acids is 2. The molecule has 0 rings (SSSR count). The molecule has 10 heteroatoms. The number of rotatable bonds is 39. The van der Waals surface area contributed by atoms with Crippen molar-refractivity contribution < 1.29 is 42.1 Å². The summed E-state index contributed by atoms with van der Waals surface area (Å²) in [4.78, 5) is 35.3. The van der Waals surface area contributed by atoms with E-state index in [1.54, 1.807) is 0 Å². The zero-order chi connectivity index (χ0) is 41.4. The molecule has 324 valence electrons. The molecule has 0 saturated carbocycles. The molecular weight excluding hydrogens is 725 g/mol. The number of phosphoric ester groups is 1. The first kappa shape index (κ1) is 53.7. The van der Waals surface area contributed by atoms with Crippen LogP contribution in [-0.4, -0.2) is 74.9 Å². The van der Waals surface area contributed by atoms with Crippen LogP contribution in [0.5, 0.6) is 0 Å². The van der Waals surface area contributed by atoms with Gasteiger partial charge >= 0.3 is 19.8 Å². The topological polar surface area (TPSA) is 108 Å². The number of carbonyl (C=O) groups is 2. The molecule has 0 aliphatic carbocycles. The van der Waals surface area contributed by atoms with E-state index in [0.29, 0.717) is 23.9 Å². The fourth-order valence-electron chi connectivity index (χ4n) is 5.55. The van der Waals surface area contributed by atoms with Crippen LogP contribution < -0.4 is 0 Å². The summed E-state index contributed by atoms with van der Waals surface area (Å²) in [5, 5.41) is 0. The van der Waals surface area contributed by atoms with Crippen molar-refractivity contribution in [2.75, 3.05) is 47.5 Å². The van der Waals surface area contributed by atoms with Crippen LogP contribution in [0.2, 0.25) is 0 Å². The van der Waals surface area contributed by atoms with Crippen LogP contribution in [0.4, 0.5) is 0 Å². The minimum Gasteiger partial charge on any atom is -0.462 e. The largest absolute Gasteiger partial charge is 0.472 e. The van der Waals surface area contributed by atoms with E-state index in [9.17, 15) is 19.0 Å². The second kappa shape index (κ2) is 38.2. The van der Waals surface area contributed by atoms with Gasteiger partial charge in [0.05, 0.1) is 27.7 Å². The smallest absolute Gasteiger partial charge is 0.462 e. The van der Waals surface area contributed by atoms with E-state index in [1.807, 2.05) is 27.2 Å². The Hall–Kier alpha value is -2.29. The summed E-state index contributed by atoms with van der Waals surface area (Å²) in [5.41, 5.74) is 0. The predicted molar refractivity (Wildman–Crippen MR) is 233 cm³/mol. The molecule has 0 amide bonds. The summed E-state index contributed by atoms with van der Waals surface area (Å²) in [7, 11) is 1.43. The van der Waals surface area contributed by atoms with Crippen molar-refractivity contribution in [3.63, 3.8) is 0 Å². The second-order valence-electron chi connectivity index (χ2n) is 15.7. The molecule has 0 spiro atoms. The first-order valence-electron chi connectivity index (χ1n) is 22.0. The van der Waals surface area contributed by atoms with Crippen molar-refractivity contribution in [3.8, 4) is 0 Å². The Bertz CT molecular complexity index is 1140. The van der Waals surface area contributed by atoms with E-state index >= 15 is 0 Å². The number of allylic oxidation sites excluding steroid dienone is 10. The van der Waals surface area contributed by atoms with E-state index < -0.39 is 32.5 Å². The zero-order valence-electron chi connectivity index (χ0n) is 36.3. The molecule has 0 radical (unpaired) electrons. The van der Waals surface area contributed by atoms with Crippen LogP contribution in [0.3, 0.4) is 0 Å². The molecular formula is C46H83NO8P+. The van der Waals surface area contributed by atoms with Gasteiger partial charge in [-0.3, -0.25) is 18.6 Å². The average Bonchev–Trinajstić information content (AvgIpc) is 3.15. The molecule has 0 aromatic rings. The summed E-state index contributed by atoms with van der Waals surface area (Å²) in [6, 6.07) is 0. The molecule has 0 heterocycles. The predicted octanol–water partition coefficient (Wildman–Crippen LogP) is 12.5. The average molecular weight is 809 g/mol. The quantitative estimate of drug-likeness (QED) is 0.0215. The van der Waals surface area contributed by atoms with Gasteiger partial charge in [0.25, 0.3) is 0 Å². The van der Waals surface area contributed by atoms with E-state index in [1.165, 1.54) is 70.6 Å². The second-order valence-corrected chi connectivity index (χ2v) is 17.2. The van der Waals surface area contributed by atoms with Gasteiger partial charge in [0.2, 0.25) is 0 Å². The van der Waals surface area contributed by atoms with Gasteiger partial charge in [-0.2, -0.15) is 0 Å². The molecule has 0 aromatic carbocycles. The van der Waals surface area contributed by atoms with Crippen LogP contribution in [0, 0.1) is 0 Å². The maximum absolute atomic E-state index is 12.7. The fraction of sp³-hybridized carbons (Fsp3) is 0.739. The number of phosphoric acid groups is 1. The normalized spacial score (nSPS) is 14.2. The Morgan fingerprint density at radius 1 is 0.554 bits per heavy atom. The molecule has 2 atom stereocenters. The zero-order valence-corrected chi connectivity index (χ0v) is 37.2. The number of esters is 2. The van der Waals surface area contributed by atoms with E-state index in [0.717, 1.165) is 57.8 Å². The standard InChI is InChI=1S/C46H82NO8P/c1-6-8-10-12-14-16-18-20-22-23-25-27-29-31-33-35-37-39-46(49)55-44(43-54-56(50,51)53-41-40-47(3,4)5)42-52-45(48)38-36-34-32-30-28-26-24-21-19-17-15-13-11-9-7-2/h10,12,16,18,22-23,27,29,32,34,44H,6-9,11,13-15,17,19-21,24-26,28,30-31,33,35-43H2,1-5H3/p+1/b12-10+,18-16+,23-22+,29-27+,34-32+/t44-/m1/s1. The molecule has 1 unspecified atom stereocenters. The fourth-order valence-corrected chi connectivity index (χ4v) is 6.29. The number of hydrogen-bond acceptors (Lipinski definition) is 7. The third-order valence-corrected chi connectivity index (χ3v) is 10.00. The number of likely N-dealkylation sites (N-methyl/N-ethyl adjacent to an activating group) is 1. The number of hydrogen-bond donors (Lipinski definition) is 1. The highest BCUT2D eigenvalue weighted by Crippen LogP contribution is 2.43. The SMILES string of the molecule is CCC/C=C/C/C=C/C/C=C/C/C=C/CCCCCC(=O)O[C@H](COC(=O)CC/C=C/CCCCCCCCCCCCC)COP(=O)(O)OCC[N+](C)(C)C. The Morgan fingerprint density at radius 2 is 1.04 bits per heavy atom. The first-order chi connectivity index (χ1) is 27.0. The molecule has 0 bridgehead atoms. The minimum atomic E-state index is -4.39. The van der Waals surface area contributed by atoms with Crippen molar-refractivity contribution in [1.29, 1.82) is 0 Å². The Labute approximate surface area is 343 Å². The van der Waals surface area contributed by atoms with Crippen LogP contribution in [0.15, 0.2) is 60.8 Å². The van der Waals surface area contributed by atoms with Gasteiger partial charge in [-0.1, -0.05) is 152 Å². The molecule has 0 fully saturated rings. The lowest BCUT2D eigenvalue weighted by Gasteiger charge is -2.24. The third-order valence-electron chi connectivity index (χ3n) is 9.01. The van der Waals surface area contributed by atoms with Crippen LogP contribution in [0.1, 0.15) is 168 Å². The molecule has 1 N–H and O–H groups in total. The van der Waals surface area contributed by atoms with Crippen molar-refractivity contribution in [2.45, 2.75) is 174 Å². The summed E-state index contributed by atoms with van der Waals surface area (Å²) >= 11 is 0. The monoisotopic (exact) mass is 809 g/mol. The van der Waals surface area contributed by atoms with Gasteiger partial charge in [-0.05, 0) is 64.2 Å². The van der Waals surface area contributed by atoms with Crippen LogP contribution >= 0.6 is 7.82 Å². The lowest BCUT2D eigenvalue weighted by atomic mass is 10.1.